The summed E-state index contributed by atoms with van der Waals surface area (Å²) < 4.78 is 26.5. The number of imide groups is 1. The van der Waals surface area contributed by atoms with Gasteiger partial charge in [0.15, 0.2) is 11.6 Å². The van der Waals surface area contributed by atoms with Gasteiger partial charge in [0.05, 0.1) is 21.3 Å². The smallest absolute Gasteiger partial charge is 0.266 e. The topological polar surface area (TPSA) is 37.4 Å². The molecule has 2 amide bonds. The van der Waals surface area contributed by atoms with Crippen LogP contribution in [-0.2, 0) is 0 Å². The van der Waals surface area contributed by atoms with Crippen LogP contribution in [0.5, 0.6) is 0 Å². The van der Waals surface area contributed by atoms with E-state index in [0.29, 0.717) is 0 Å². The molecule has 1 heterocycles. The van der Waals surface area contributed by atoms with Gasteiger partial charge in [0, 0.05) is 6.07 Å². The Morgan fingerprint density at radius 1 is 0.950 bits per heavy atom. The standard InChI is InChI=1S/C14H6BrF2NO2/c15-10-5-7(6-11(16)12(10)17)18-13(19)8-3-1-2-4-9(8)14(18)20/h1-6H. The number of halogens is 3. The van der Waals surface area contributed by atoms with Crippen LogP contribution < -0.4 is 4.90 Å². The third-order valence-corrected chi connectivity index (χ3v) is 3.60. The summed E-state index contributed by atoms with van der Waals surface area (Å²) in [6.45, 7) is 0. The zero-order valence-electron chi connectivity index (χ0n) is 9.86. The fourth-order valence-corrected chi connectivity index (χ4v) is 2.52. The monoisotopic (exact) mass is 337 g/mol. The Hall–Kier alpha value is -2.08. The maximum atomic E-state index is 13.4. The highest BCUT2D eigenvalue weighted by Gasteiger charge is 2.36. The number of nitrogens with zero attached hydrogens (tertiary/aromatic N) is 1. The van der Waals surface area contributed by atoms with Crippen molar-refractivity contribution >= 4 is 33.4 Å². The zero-order chi connectivity index (χ0) is 14.4. The molecule has 0 atom stereocenters. The molecule has 0 spiro atoms. The molecular formula is C14H6BrF2NO2. The van der Waals surface area contributed by atoms with Crippen molar-refractivity contribution in [3.8, 4) is 0 Å². The molecule has 0 unspecified atom stereocenters. The van der Waals surface area contributed by atoms with Crippen LogP contribution in [0.4, 0.5) is 14.5 Å². The predicted molar refractivity (Wildman–Crippen MR) is 71.6 cm³/mol. The van der Waals surface area contributed by atoms with E-state index in [0.717, 1.165) is 11.0 Å². The summed E-state index contributed by atoms with van der Waals surface area (Å²) in [5, 5.41) is 0. The van der Waals surface area contributed by atoms with Gasteiger partial charge < -0.3 is 0 Å². The number of hydrogen-bond donors (Lipinski definition) is 0. The molecule has 100 valence electrons. The van der Waals surface area contributed by atoms with Crippen molar-refractivity contribution in [2.24, 2.45) is 0 Å². The van der Waals surface area contributed by atoms with Crippen LogP contribution in [-0.4, -0.2) is 11.8 Å². The first-order valence-electron chi connectivity index (χ1n) is 5.63. The Balaban J connectivity index is 2.14. The molecule has 20 heavy (non-hydrogen) atoms. The van der Waals surface area contributed by atoms with Gasteiger partial charge in [-0.3, -0.25) is 9.59 Å². The maximum absolute atomic E-state index is 13.4. The van der Waals surface area contributed by atoms with Crippen molar-refractivity contribution in [3.63, 3.8) is 0 Å². The van der Waals surface area contributed by atoms with Gasteiger partial charge in [0.1, 0.15) is 0 Å². The maximum Gasteiger partial charge on any atom is 0.266 e. The Morgan fingerprint density at radius 2 is 1.50 bits per heavy atom. The van der Waals surface area contributed by atoms with Gasteiger partial charge in [-0.15, -0.1) is 0 Å². The lowest BCUT2D eigenvalue weighted by molar-refractivity contribution is 0.0926. The molecule has 0 fully saturated rings. The third-order valence-electron chi connectivity index (χ3n) is 3.02. The van der Waals surface area contributed by atoms with E-state index in [4.69, 9.17) is 0 Å². The molecule has 0 aromatic heterocycles. The molecule has 0 bridgehead atoms. The number of fused-ring (bicyclic) bond motifs is 1. The van der Waals surface area contributed by atoms with E-state index in [9.17, 15) is 18.4 Å². The van der Waals surface area contributed by atoms with E-state index in [1.807, 2.05) is 0 Å². The van der Waals surface area contributed by atoms with E-state index < -0.39 is 23.4 Å². The first kappa shape index (κ1) is 12.9. The van der Waals surface area contributed by atoms with Gasteiger partial charge in [0.2, 0.25) is 0 Å². The van der Waals surface area contributed by atoms with E-state index in [1.165, 1.54) is 18.2 Å². The molecule has 0 radical (unpaired) electrons. The predicted octanol–water partition coefficient (Wildman–Crippen LogP) is 3.53. The van der Waals surface area contributed by atoms with Crippen LogP contribution in [0.3, 0.4) is 0 Å². The second-order valence-electron chi connectivity index (χ2n) is 4.21. The van der Waals surface area contributed by atoms with Gasteiger partial charge >= 0.3 is 0 Å². The molecule has 3 nitrogen and oxygen atoms in total. The van der Waals surface area contributed by atoms with E-state index in [2.05, 4.69) is 15.9 Å². The van der Waals surface area contributed by atoms with Gasteiger partial charge in [-0.05, 0) is 34.1 Å². The van der Waals surface area contributed by atoms with Crippen LogP contribution >= 0.6 is 15.9 Å². The van der Waals surface area contributed by atoms with Gasteiger partial charge in [-0.1, -0.05) is 12.1 Å². The highest BCUT2D eigenvalue weighted by Crippen LogP contribution is 2.31. The second-order valence-corrected chi connectivity index (χ2v) is 5.07. The summed E-state index contributed by atoms with van der Waals surface area (Å²) in [4.78, 5) is 25.2. The SMILES string of the molecule is O=C1c2ccccc2C(=O)N1c1cc(F)c(F)c(Br)c1. The normalized spacial score (nSPS) is 13.8. The Kier molecular flexibility index (Phi) is 2.90. The summed E-state index contributed by atoms with van der Waals surface area (Å²) in [6.07, 6.45) is 0. The average molecular weight is 338 g/mol. The van der Waals surface area contributed by atoms with E-state index in [-0.39, 0.29) is 21.3 Å². The minimum Gasteiger partial charge on any atom is -0.268 e. The Labute approximate surface area is 120 Å². The number of carbonyl (C=O) groups is 2. The molecule has 6 heteroatoms. The summed E-state index contributed by atoms with van der Waals surface area (Å²) in [7, 11) is 0. The molecule has 1 aliphatic rings. The molecule has 1 aliphatic heterocycles. The van der Waals surface area contributed by atoms with Gasteiger partial charge in [-0.2, -0.15) is 0 Å². The van der Waals surface area contributed by atoms with E-state index >= 15 is 0 Å². The summed E-state index contributed by atoms with van der Waals surface area (Å²) in [5.74, 6) is -3.30. The molecule has 0 N–H and O–H groups in total. The van der Waals surface area contributed by atoms with E-state index in [1.54, 1.807) is 12.1 Å². The second kappa shape index (κ2) is 4.49. The van der Waals surface area contributed by atoms with Crippen molar-refractivity contribution < 1.29 is 18.4 Å². The summed E-state index contributed by atoms with van der Waals surface area (Å²) in [6, 6.07) is 8.32. The van der Waals surface area contributed by atoms with Crippen molar-refractivity contribution in [1.82, 2.24) is 0 Å². The quantitative estimate of drug-likeness (QED) is 0.589. The summed E-state index contributed by atoms with van der Waals surface area (Å²) >= 11 is 2.85. The van der Waals surface area contributed by atoms with Crippen LogP contribution in [0.25, 0.3) is 0 Å². The number of amides is 2. The molecule has 0 saturated carbocycles. The lowest BCUT2D eigenvalue weighted by atomic mass is 10.1. The molecule has 2 aromatic carbocycles. The van der Waals surface area contributed by atoms with Gasteiger partial charge in [0.25, 0.3) is 11.8 Å². The van der Waals surface area contributed by atoms with Crippen LogP contribution in [0.1, 0.15) is 20.7 Å². The fraction of sp³-hybridized carbons (Fsp3) is 0. The number of anilines is 1. The number of benzene rings is 2. The third kappa shape index (κ3) is 1.76. The molecule has 2 aromatic rings. The van der Waals surface area contributed by atoms with Crippen molar-refractivity contribution in [2.75, 3.05) is 4.90 Å². The number of carbonyl (C=O) groups excluding carboxylic acids is 2. The lowest BCUT2D eigenvalue weighted by Crippen LogP contribution is -2.29. The minimum absolute atomic E-state index is 0.0121. The van der Waals surface area contributed by atoms with Crippen LogP contribution in [0.15, 0.2) is 40.9 Å². The lowest BCUT2D eigenvalue weighted by Gasteiger charge is -2.14. The largest absolute Gasteiger partial charge is 0.268 e. The number of rotatable bonds is 1. The highest BCUT2D eigenvalue weighted by atomic mass is 79.9. The van der Waals surface area contributed by atoms with Crippen molar-refractivity contribution in [3.05, 3.63) is 63.6 Å². The Morgan fingerprint density at radius 3 is 2.00 bits per heavy atom. The number of hydrogen-bond acceptors (Lipinski definition) is 2. The van der Waals surface area contributed by atoms with Gasteiger partial charge in [-0.25, -0.2) is 13.7 Å². The van der Waals surface area contributed by atoms with Crippen molar-refractivity contribution in [2.45, 2.75) is 0 Å². The first-order chi connectivity index (χ1) is 9.50. The zero-order valence-corrected chi connectivity index (χ0v) is 11.4. The van der Waals surface area contributed by atoms with Crippen LogP contribution in [0, 0.1) is 11.6 Å². The fourth-order valence-electron chi connectivity index (χ4n) is 2.09. The highest BCUT2D eigenvalue weighted by molar-refractivity contribution is 9.10. The average Bonchev–Trinajstić information content (AvgIpc) is 2.68. The molecule has 0 saturated heterocycles. The Bertz CT molecular complexity index is 703. The van der Waals surface area contributed by atoms with Crippen molar-refractivity contribution in [1.29, 1.82) is 0 Å². The molecule has 3 rings (SSSR count). The first-order valence-corrected chi connectivity index (χ1v) is 6.42. The molecular weight excluding hydrogens is 332 g/mol. The summed E-state index contributed by atoms with van der Waals surface area (Å²) in [5.41, 5.74) is 0.485. The minimum atomic E-state index is -1.13. The molecule has 0 aliphatic carbocycles. The van der Waals surface area contributed by atoms with Crippen LogP contribution in [0.2, 0.25) is 0 Å².